The summed E-state index contributed by atoms with van der Waals surface area (Å²) in [6.45, 7) is 0. The summed E-state index contributed by atoms with van der Waals surface area (Å²) < 4.78 is 4.92. The molecule has 2 atom stereocenters. The van der Waals surface area contributed by atoms with E-state index >= 15 is 0 Å². The zero-order valence-electron chi connectivity index (χ0n) is 11.8. The first-order valence-corrected chi connectivity index (χ1v) is 6.93. The second-order valence-electron chi connectivity index (χ2n) is 5.26. The molecule has 0 aromatic heterocycles. The normalized spacial score (nSPS) is 27.0. The fourth-order valence-corrected chi connectivity index (χ4v) is 3.20. The van der Waals surface area contributed by atoms with Gasteiger partial charge in [-0.3, -0.25) is 9.59 Å². The molecule has 2 unspecified atom stereocenters. The lowest BCUT2D eigenvalue weighted by Gasteiger charge is -2.24. The highest BCUT2D eigenvalue weighted by Crippen LogP contribution is 2.51. The van der Waals surface area contributed by atoms with Crippen molar-refractivity contribution in [2.45, 2.75) is 12.3 Å². The number of hydrogen-bond acceptors (Lipinski definition) is 3. The molecule has 0 amide bonds. The summed E-state index contributed by atoms with van der Waals surface area (Å²) in [6, 6.07) is 9.81. The van der Waals surface area contributed by atoms with Gasteiger partial charge in [0.15, 0.2) is 11.2 Å². The molecule has 0 spiro atoms. The van der Waals surface area contributed by atoms with E-state index in [0.29, 0.717) is 6.42 Å². The first kappa shape index (κ1) is 13.6. The van der Waals surface area contributed by atoms with E-state index in [1.165, 1.54) is 7.11 Å². The molecule has 3 heteroatoms. The number of benzene rings is 1. The average Bonchev–Trinajstić information content (AvgIpc) is 2.68. The molecule has 0 aliphatic heterocycles. The van der Waals surface area contributed by atoms with Crippen molar-refractivity contribution >= 4 is 11.8 Å². The van der Waals surface area contributed by atoms with Crippen LogP contribution in [0.1, 0.15) is 17.9 Å². The van der Waals surface area contributed by atoms with Gasteiger partial charge >= 0.3 is 5.97 Å². The van der Waals surface area contributed by atoms with Crippen molar-refractivity contribution < 1.29 is 14.3 Å². The minimum Gasteiger partial charge on any atom is -0.468 e. The van der Waals surface area contributed by atoms with E-state index in [1.54, 1.807) is 12.2 Å². The standard InChI is InChI=1S/C18H16O3/c1-21-17(20)18-11-7-3-6-10-15(18)14(12-16(18)19)13-8-4-2-5-9-13/h2-11,14H,12H2,1H3. The van der Waals surface area contributed by atoms with Crippen molar-refractivity contribution in [1.29, 1.82) is 0 Å². The average molecular weight is 280 g/mol. The maximum absolute atomic E-state index is 12.6. The molecule has 0 radical (unpaired) electrons. The van der Waals surface area contributed by atoms with Crippen LogP contribution in [0.5, 0.6) is 0 Å². The number of fused-ring (bicyclic) bond motifs is 1. The topological polar surface area (TPSA) is 43.4 Å². The Morgan fingerprint density at radius 1 is 1.19 bits per heavy atom. The van der Waals surface area contributed by atoms with Gasteiger partial charge in [0.05, 0.1) is 7.11 Å². The lowest BCUT2D eigenvalue weighted by atomic mass is 9.78. The number of allylic oxidation sites excluding steroid dienone is 4. The summed E-state index contributed by atoms with van der Waals surface area (Å²) >= 11 is 0. The van der Waals surface area contributed by atoms with Crippen molar-refractivity contribution in [3.8, 4) is 0 Å². The molecule has 3 rings (SSSR count). The van der Waals surface area contributed by atoms with E-state index in [1.807, 2.05) is 48.6 Å². The number of ketones is 1. The molecule has 0 bridgehead atoms. The van der Waals surface area contributed by atoms with Gasteiger partial charge in [0, 0.05) is 12.3 Å². The SMILES string of the molecule is COC(=O)C12C=CC=CC=C1C(c1ccccc1)CC2=O. The number of carbonyl (C=O) groups excluding carboxylic acids is 2. The molecule has 106 valence electrons. The highest BCUT2D eigenvalue weighted by molar-refractivity contribution is 6.12. The molecular weight excluding hydrogens is 264 g/mol. The molecule has 1 fully saturated rings. The van der Waals surface area contributed by atoms with Crippen molar-refractivity contribution in [2.75, 3.05) is 7.11 Å². The van der Waals surface area contributed by atoms with Gasteiger partial charge < -0.3 is 4.74 Å². The Kier molecular flexibility index (Phi) is 3.34. The molecule has 2 aliphatic rings. The quantitative estimate of drug-likeness (QED) is 0.618. The first-order valence-electron chi connectivity index (χ1n) is 6.93. The first-order chi connectivity index (χ1) is 10.2. The van der Waals surface area contributed by atoms with Gasteiger partial charge in [0.1, 0.15) is 0 Å². The van der Waals surface area contributed by atoms with Crippen LogP contribution in [-0.4, -0.2) is 18.9 Å². The fourth-order valence-electron chi connectivity index (χ4n) is 3.20. The van der Waals surface area contributed by atoms with Crippen molar-refractivity contribution in [2.24, 2.45) is 5.41 Å². The van der Waals surface area contributed by atoms with Gasteiger partial charge in [-0.1, -0.05) is 60.7 Å². The molecule has 0 saturated heterocycles. The highest BCUT2D eigenvalue weighted by Gasteiger charge is 2.55. The minimum atomic E-state index is -1.27. The summed E-state index contributed by atoms with van der Waals surface area (Å²) in [5.41, 5.74) is 0.584. The number of ether oxygens (including phenoxy) is 1. The Balaban J connectivity index is 2.15. The molecule has 0 N–H and O–H groups in total. The molecule has 2 aliphatic carbocycles. The number of rotatable bonds is 2. The number of methoxy groups -OCH3 is 1. The molecule has 0 heterocycles. The van der Waals surface area contributed by atoms with Crippen molar-refractivity contribution in [3.05, 3.63) is 71.8 Å². The van der Waals surface area contributed by atoms with Crippen LogP contribution in [0.4, 0.5) is 0 Å². The van der Waals surface area contributed by atoms with E-state index in [2.05, 4.69) is 0 Å². The fraction of sp³-hybridized carbons (Fsp3) is 0.222. The van der Waals surface area contributed by atoms with E-state index in [9.17, 15) is 9.59 Å². The Labute approximate surface area is 123 Å². The van der Waals surface area contributed by atoms with Crippen LogP contribution < -0.4 is 0 Å². The predicted molar refractivity (Wildman–Crippen MR) is 79.6 cm³/mol. The molecule has 21 heavy (non-hydrogen) atoms. The summed E-state index contributed by atoms with van der Waals surface area (Å²) in [6.07, 6.45) is 9.30. The van der Waals surface area contributed by atoms with E-state index in [0.717, 1.165) is 11.1 Å². The van der Waals surface area contributed by atoms with Gasteiger partial charge in [-0.15, -0.1) is 0 Å². The van der Waals surface area contributed by atoms with Crippen molar-refractivity contribution in [3.63, 3.8) is 0 Å². The smallest absolute Gasteiger partial charge is 0.327 e. The van der Waals surface area contributed by atoms with Crippen LogP contribution in [0.15, 0.2) is 66.3 Å². The summed E-state index contributed by atoms with van der Waals surface area (Å²) in [5, 5.41) is 0. The maximum atomic E-state index is 12.6. The van der Waals surface area contributed by atoms with Crippen LogP contribution in [0, 0.1) is 5.41 Å². The molecular formula is C18H16O3. The van der Waals surface area contributed by atoms with Crippen LogP contribution in [0.3, 0.4) is 0 Å². The second kappa shape index (κ2) is 5.17. The summed E-state index contributed by atoms with van der Waals surface area (Å²) in [7, 11) is 1.32. The summed E-state index contributed by atoms with van der Waals surface area (Å²) in [5.74, 6) is -0.684. The largest absolute Gasteiger partial charge is 0.468 e. The maximum Gasteiger partial charge on any atom is 0.327 e. The Morgan fingerprint density at radius 3 is 2.67 bits per heavy atom. The molecule has 3 nitrogen and oxygen atoms in total. The van der Waals surface area contributed by atoms with Crippen LogP contribution in [0.2, 0.25) is 0 Å². The monoisotopic (exact) mass is 280 g/mol. The van der Waals surface area contributed by atoms with Gasteiger partial charge in [-0.05, 0) is 11.1 Å². The third kappa shape index (κ3) is 1.97. The third-order valence-electron chi connectivity index (χ3n) is 4.21. The Bertz CT molecular complexity index is 667. The molecule has 1 aromatic rings. The lowest BCUT2D eigenvalue weighted by molar-refractivity contribution is -0.151. The van der Waals surface area contributed by atoms with E-state index in [-0.39, 0.29) is 11.7 Å². The Hall–Kier alpha value is -2.42. The van der Waals surface area contributed by atoms with E-state index in [4.69, 9.17) is 4.74 Å². The second-order valence-corrected chi connectivity index (χ2v) is 5.26. The summed E-state index contributed by atoms with van der Waals surface area (Å²) in [4.78, 5) is 25.0. The zero-order valence-corrected chi connectivity index (χ0v) is 11.8. The van der Waals surface area contributed by atoms with Crippen LogP contribution in [-0.2, 0) is 14.3 Å². The van der Waals surface area contributed by atoms with Crippen LogP contribution >= 0.6 is 0 Å². The molecule has 1 aromatic carbocycles. The lowest BCUT2D eigenvalue weighted by Crippen LogP contribution is -2.36. The predicted octanol–water partition coefficient (Wildman–Crippen LogP) is 2.95. The third-order valence-corrected chi connectivity index (χ3v) is 4.21. The number of hydrogen-bond donors (Lipinski definition) is 0. The van der Waals surface area contributed by atoms with E-state index < -0.39 is 11.4 Å². The van der Waals surface area contributed by atoms with Gasteiger partial charge in [-0.2, -0.15) is 0 Å². The van der Waals surface area contributed by atoms with Gasteiger partial charge in [-0.25, -0.2) is 0 Å². The number of esters is 1. The molecule has 1 saturated carbocycles. The van der Waals surface area contributed by atoms with Crippen molar-refractivity contribution in [1.82, 2.24) is 0 Å². The zero-order chi connectivity index (χ0) is 14.9. The minimum absolute atomic E-state index is 0.0785. The number of Topliss-reactive ketones (excluding diaryl/α,β-unsaturated/α-hetero) is 1. The van der Waals surface area contributed by atoms with Crippen LogP contribution in [0.25, 0.3) is 0 Å². The van der Waals surface area contributed by atoms with Gasteiger partial charge in [0.25, 0.3) is 0 Å². The van der Waals surface area contributed by atoms with Gasteiger partial charge in [0.2, 0.25) is 0 Å². The Morgan fingerprint density at radius 2 is 1.95 bits per heavy atom. The number of carbonyl (C=O) groups is 2. The highest BCUT2D eigenvalue weighted by atomic mass is 16.5.